The minimum Gasteiger partial charge on any atom is -0.390 e. The molecule has 4 atom stereocenters. The highest BCUT2D eigenvalue weighted by Gasteiger charge is 2.46. The van der Waals surface area contributed by atoms with E-state index in [0.29, 0.717) is 0 Å². The summed E-state index contributed by atoms with van der Waals surface area (Å²) in [5, 5.41) is 19.2. The number of aromatic amines is 1. The maximum absolute atomic E-state index is 11.7. The van der Waals surface area contributed by atoms with Gasteiger partial charge in [0.1, 0.15) is 12.3 Å². The predicted octanol–water partition coefficient (Wildman–Crippen LogP) is -2.01. The zero-order chi connectivity index (χ0) is 15.9. The molecule has 0 amide bonds. The van der Waals surface area contributed by atoms with Crippen molar-refractivity contribution in [3.8, 4) is 0 Å². The van der Waals surface area contributed by atoms with E-state index < -0.39 is 43.1 Å². The predicted molar refractivity (Wildman–Crippen MR) is 68.6 cm³/mol. The molecule has 0 aliphatic carbocycles. The fourth-order valence-corrected chi connectivity index (χ4v) is 2.76. The molecule has 0 aromatic carbocycles. The lowest BCUT2D eigenvalue weighted by molar-refractivity contribution is -0.0645. The molecule has 2 heterocycles. The summed E-state index contributed by atoms with van der Waals surface area (Å²) in [6.45, 7) is 1.46. The molecule has 1 aromatic rings. The number of hydrogen-bond acceptors (Lipinski definition) is 6. The first-order valence-corrected chi connectivity index (χ1v) is 7.68. The van der Waals surface area contributed by atoms with Crippen LogP contribution in [-0.4, -0.2) is 47.6 Å². The van der Waals surface area contributed by atoms with E-state index >= 15 is 0 Å². The van der Waals surface area contributed by atoms with Crippen LogP contribution in [0, 0.1) is 6.92 Å². The highest BCUT2D eigenvalue weighted by atomic mass is 31.2. The molecule has 1 aliphatic rings. The van der Waals surface area contributed by atoms with Crippen molar-refractivity contribution < 1.29 is 29.3 Å². The molecule has 1 aliphatic heterocycles. The normalized spacial score (nSPS) is 27.8. The van der Waals surface area contributed by atoms with Crippen LogP contribution < -0.4 is 11.2 Å². The fraction of sp³-hybridized carbons (Fsp3) is 0.600. The number of nitrogens with zero attached hydrogens (tertiary/aromatic N) is 1. The van der Waals surface area contributed by atoms with Crippen LogP contribution in [0.15, 0.2) is 15.8 Å². The summed E-state index contributed by atoms with van der Waals surface area (Å²) in [6, 6.07) is 0. The minimum absolute atomic E-state index is 0.160. The fourth-order valence-electron chi connectivity index (χ4n) is 2.11. The van der Waals surface area contributed by atoms with Crippen LogP contribution in [0.3, 0.4) is 0 Å². The molecule has 1 saturated heterocycles. The number of nitrogens with one attached hydrogen (secondary N) is 1. The summed E-state index contributed by atoms with van der Waals surface area (Å²) < 4.78 is 17.2. The number of aromatic nitrogens is 2. The zero-order valence-electron chi connectivity index (χ0n) is 10.9. The topological polar surface area (TPSA) is 162 Å². The molecule has 1 aromatic heterocycles. The average Bonchev–Trinajstić information content (AvgIpc) is 2.73. The molecule has 118 valence electrons. The molecule has 0 bridgehead atoms. The van der Waals surface area contributed by atoms with Crippen molar-refractivity contribution in [3.63, 3.8) is 0 Å². The number of rotatable bonds is 3. The van der Waals surface area contributed by atoms with Crippen molar-refractivity contribution in [3.05, 3.63) is 32.6 Å². The molecule has 0 spiro atoms. The SMILES string of the molecule is Cc1cn([C@H]2C[C@H](O)[C@@H]([C@@H](O)P(=O)(O)O)O2)c(=O)[nH]c1=O. The Morgan fingerprint density at radius 2 is 2.10 bits per heavy atom. The Balaban J connectivity index is 2.30. The second-order valence-corrected chi connectivity index (χ2v) is 6.55. The van der Waals surface area contributed by atoms with Crippen LogP contribution >= 0.6 is 7.60 Å². The maximum atomic E-state index is 11.7. The van der Waals surface area contributed by atoms with Crippen LogP contribution in [0.5, 0.6) is 0 Å². The van der Waals surface area contributed by atoms with Gasteiger partial charge in [0.25, 0.3) is 5.56 Å². The van der Waals surface area contributed by atoms with Gasteiger partial charge in [-0.15, -0.1) is 0 Å². The van der Waals surface area contributed by atoms with Gasteiger partial charge in [-0.1, -0.05) is 0 Å². The summed E-state index contributed by atoms with van der Waals surface area (Å²) >= 11 is 0. The van der Waals surface area contributed by atoms with Crippen molar-refractivity contribution in [1.82, 2.24) is 9.55 Å². The van der Waals surface area contributed by atoms with Gasteiger partial charge in [-0.3, -0.25) is 18.9 Å². The molecule has 2 rings (SSSR count). The van der Waals surface area contributed by atoms with Gasteiger partial charge in [0.15, 0.2) is 5.85 Å². The lowest BCUT2D eigenvalue weighted by Gasteiger charge is -2.22. The van der Waals surface area contributed by atoms with E-state index in [1.807, 2.05) is 4.98 Å². The highest BCUT2D eigenvalue weighted by Crippen LogP contribution is 2.46. The molecule has 1 fully saturated rings. The molecule has 5 N–H and O–H groups in total. The Bertz CT molecular complexity index is 691. The Morgan fingerprint density at radius 3 is 2.67 bits per heavy atom. The third kappa shape index (κ3) is 3.15. The van der Waals surface area contributed by atoms with Crippen LogP contribution in [-0.2, 0) is 9.30 Å². The lowest BCUT2D eigenvalue weighted by atomic mass is 10.2. The quantitative estimate of drug-likeness (QED) is 0.399. The van der Waals surface area contributed by atoms with Crippen molar-refractivity contribution in [2.24, 2.45) is 0 Å². The third-order valence-electron chi connectivity index (χ3n) is 3.23. The van der Waals surface area contributed by atoms with Crippen LogP contribution in [0.2, 0.25) is 0 Å². The van der Waals surface area contributed by atoms with Gasteiger partial charge >= 0.3 is 13.3 Å². The molecular weight excluding hydrogens is 307 g/mol. The van der Waals surface area contributed by atoms with Crippen LogP contribution in [0.25, 0.3) is 0 Å². The van der Waals surface area contributed by atoms with Gasteiger partial charge in [0.2, 0.25) is 0 Å². The molecule has 10 nitrogen and oxygen atoms in total. The van der Waals surface area contributed by atoms with Gasteiger partial charge < -0.3 is 24.7 Å². The van der Waals surface area contributed by atoms with E-state index in [4.69, 9.17) is 14.5 Å². The maximum Gasteiger partial charge on any atom is 0.356 e. The number of ether oxygens (including phenoxy) is 1. The number of aliphatic hydroxyl groups excluding tert-OH is 2. The second kappa shape index (κ2) is 5.48. The number of aryl methyl sites for hydroxylation is 1. The molecule has 21 heavy (non-hydrogen) atoms. The van der Waals surface area contributed by atoms with E-state index in [1.165, 1.54) is 13.1 Å². The average molecular weight is 322 g/mol. The van der Waals surface area contributed by atoms with Crippen LogP contribution in [0.4, 0.5) is 0 Å². The minimum atomic E-state index is -4.87. The summed E-state index contributed by atoms with van der Waals surface area (Å²) in [5.74, 6) is -2.20. The molecule has 11 heteroatoms. The van der Waals surface area contributed by atoms with E-state index in [0.717, 1.165) is 4.57 Å². The molecule has 0 radical (unpaired) electrons. The summed E-state index contributed by atoms with van der Waals surface area (Å²) in [7, 11) is -4.87. The van der Waals surface area contributed by atoms with Gasteiger partial charge in [0, 0.05) is 18.2 Å². The van der Waals surface area contributed by atoms with E-state index in [2.05, 4.69) is 0 Å². The van der Waals surface area contributed by atoms with Gasteiger partial charge in [-0.25, -0.2) is 4.79 Å². The summed E-state index contributed by atoms with van der Waals surface area (Å²) in [6.07, 6.45) is -2.89. The first-order valence-electron chi connectivity index (χ1n) is 6.00. The first kappa shape index (κ1) is 16.1. The summed E-state index contributed by atoms with van der Waals surface area (Å²) in [4.78, 5) is 42.8. The third-order valence-corrected chi connectivity index (χ3v) is 4.21. The standard InChI is InChI=1S/C10H15N2O8P/c1-4-3-12(10(16)11-8(4)14)6-2-5(13)7(20-6)9(15)21(17,18)19/h3,5-7,9,13,15H,2H2,1H3,(H,11,14,16)(H2,17,18,19)/t5-,6+,7-,9-/m0/s1. The van der Waals surface area contributed by atoms with Gasteiger partial charge in [-0.05, 0) is 6.92 Å². The van der Waals surface area contributed by atoms with E-state index in [-0.39, 0.29) is 12.0 Å². The van der Waals surface area contributed by atoms with Gasteiger partial charge in [-0.2, -0.15) is 0 Å². The van der Waals surface area contributed by atoms with Crippen LogP contribution in [0.1, 0.15) is 18.2 Å². The number of hydrogen-bond donors (Lipinski definition) is 5. The Hall–Kier alpha value is -1.29. The Labute approximate surface area is 117 Å². The lowest BCUT2D eigenvalue weighted by Crippen LogP contribution is -2.35. The van der Waals surface area contributed by atoms with Crippen molar-refractivity contribution in [2.75, 3.05) is 0 Å². The molecule has 0 saturated carbocycles. The van der Waals surface area contributed by atoms with Crippen molar-refractivity contribution in [1.29, 1.82) is 0 Å². The monoisotopic (exact) mass is 322 g/mol. The van der Waals surface area contributed by atoms with E-state index in [9.17, 15) is 24.4 Å². The Kier molecular flexibility index (Phi) is 4.20. The zero-order valence-corrected chi connectivity index (χ0v) is 11.8. The molecule has 0 unspecified atom stereocenters. The van der Waals surface area contributed by atoms with Crippen molar-refractivity contribution in [2.45, 2.75) is 37.6 Å². The molecular formula is C10H15N2O8P. The van der Waals surface area contributed by atoms with Crippen molar-refractivity contribution >= 4 is 7.60 Å². The van der Waals surface area contributed by atoms with E-state index in [1.54, 1.807) is 0 Å². The largest absolute Gasteiger partial charge is 0.390 e. The number of H-pyrrole nitrogens is 1. The van der Waals surface area contributed by atoms with Gasteiger partial charge in [0.05, 0.1) is 6.10 Å². The smallest absolute Gasteiger partial charge is 0.356 e. The Morgan fingerprint density at radius 1 is 1.48 bits per heavy atom. The summed E-state index contributed by atoms with van der Waals surface area (Å²) in [5.41, 5.74) is -1.12. The second-order valence-electron chi connectivity index (χ2n) is 4.84. The highest BCUT2D eigenvalue weighted by molar-refractivity contribution is 7.52. The number of aliphatic hydroxyl groups is 2. The first-order chi connectivity index (χ1) is 9.61.